The van der Waals surface area contributed by atoms with Gasteiger partial charge >= 0.3 is 6.01 Å². The number of benzene rings is 2. The maximum Gasteiger partial charge on any atom is 0.319 e. The summed E-state index contributed by atoms with van der Waals surface area (Å²) >= 11 is 6.53. The van der Waals surface area contributed by atoms with Crippen LogP contribution in [-0.4, -0.2) is 78.2 Å². The molecule has 0 bridgehead atoms. The maximum absolute atomic E-state index is 16.3. The molecule has 1 atom stereocenters. The van der Waals surface area contributed by atoms with Crippen LogP contribution >= 0.6 is 11.6 Å². The van der Waals surface area contributed by atoms with Crippen LogP contribution in [0.4, 0.5) is 10.2 Å². The van der Waals surface area contributed by atoms with E-state index in [2.05, 4.69) is 33.1 Å². The third kappa shape index (κ3) is 5.02. The van der Waals surface area contributed by atoms with Crippen LogP contribution in [0.15, 0.2) is 42.6 Å². The number of rotatable bonds is 8. The average molecular weight is 534 g/mol. The van der Waals surface area contributed by atoms with Crippen LogP contribution in [0.2, 0.25) is 5.02 Å². The Balaban J connectivity index is 1.61. The fraction of sp³-hybridized carbons (Fsp3) is 0.357. The zero-order valence-electron chi connectivity index (χ0n) is 21.7. The quantitative estimate of drug-likeness (QED) is 0.232. The van der Waals surface area contributed by atoms with Gasteiger partial charge in [-0.1, -0.05) is 41.9 Å². The summed E-state index contributed by atoms with van der Waals surface area (Å²) in [5.41, 5.74) is 0.875. The van der Waals surface area contributed by atoms with Crippen molar-refractivity contribution in [3.05, 3.63) is 53.4 Å². The van der Waals surface area contributed by atoms with Gasteiger partial charge in [0.2, 0.25) is 0 Å². The number of hydrogen-bond acceptors (Lipinski definition) is 8. The molecule has 2 aromatic carbocycles. The van der Waals surface area contributed by atoms with Crippen molar-refractivity contribution in [1.29, 1.82) is 5.26 Å². The van der Waals surface area contributed by atoms with E-state index in [0.29, 0.717) is 41.5 Å². The lowest BCUT2D eigenvalue weighted by molar-refractivity contribution is 0.188. The van der Waals surface area contributed by atoms with Crippen molar-refractivity contribution >= 4 is 39.1 Å². The first kappa shape index (κ1) is 25.9. The first-order chi connectivity index (χ1) is 18.4. The van der Waals surface area contributed by atoms with Gasteiger partial charge in [-0.25, -0.2) is 4.39 Å². The number of ether oxygens (including phenoxy) is 1. The molecule has 0 radical (unpaired) electrons. The highest BCUT2D eigenvalue weighted by Gasteiger charge is 2.24. The number of pyridine rings is 1. The summed E-state index contributed by atoms with van der Waals surface area (Å²) < 4.78 is 22.3. The molecule has 1 fully saturated rings. The maximum atomic E-state index is 16.3. The van der Waals surface area contributed by atoms with Gasteiger partial charge in [0, 0.05) is 55.4 Å². The van der Waals surface area contributed by atoms with Crippen LogP contribution in [0.25, 0.3) is 32.9 Å². The van der Waals surface area contributed by atoms with Crippen LogP contribution in [-0.2, 0) is 0 Å². The van der Waals surface area contributed by atoms with E-state index >= 15 is 4.39 Å². The number of fused-ring (bicyclic) bond motifs is 2. The third-order valence-corrected chi connectivity index (χ3v) is 7.45. The minimum absolute atomic E-state index is 0.111. The van der Waals surface area contributed by atoms with Crippen LogP contribution in [0.3, 0.4) is 0 Å². The van der Waals surface area contributed by atoms with Gasteiger partial charge in [0.05, 0.1) is 5.39 Å². The predicted octanol–water partition coefficient (Wildman–Crippen LogP) is 4.96. The first-order valence-corrected chi connectivity index (χ1v) is 12.9. The summed E-state index contributed by atoms with van der Waals surface area (Å²) in [6.07, 6.45) is 5.83. The van der Waals surface area contributed by atoms with Crippen molar-refractivity contribution in [2.75, 3.05) is 52.3 Å². The Labute approximate surface area is 226 Å². The monoisotopic (exact) mass is 533 g/mol. The van der Waals surface area contributed by atoms with Crippen molar-refractivity contribution in [2.24, 2.45) is 0 Å². The number of likely N-dealkylation sites (N-methyl/N-ethyl adjacent to an activating group) is 3. The Morgan fingerprint density at radius 1 is 1.18 bits per heavy atom. The standard InChI is InChI=1S/C28H29ClFN7O/c1-35(17-31)13-14-37(3)27-21-15-32-25(20-10-4-7-18-8-5-11-22(29)23(18)20)24(30)26(21)33-28(34-27)38-16-19-9-6-12-36(19)2/h4-5,7-8,10-11,15,19H,6,9,12-14,16H2,1-3H3/t19-/m0/s1. The van der Waals surface area contributed by atoms with Gasteiger partial charge in [0.25, 0.3) is 0 Å². The van der Waals surface area contributed by atoms with Crippen LogP contribution < -0.4 is 9.64 Å². The van der Waals surface area contributed by atoms with E-state index in [-0.39, 0.29) is 23.3 Å². The molecule has 0 amide bonds. The Morgan fingerprint density at radius 2 is 1.97 bits per heavy atom. The number of aromatic nitrogens is 3. The highest BCUT2D eigenvalue weighted by Crippen LogP contribution is 2.37. The molecule has 196 valence electrons. The zero-order valence-corrected chi connectivity index (χ0v) is 22.4. The van der Waals surface area contributed by atoms with Gasteiger partial charge in [0.1, 0.15) is 23.6 Å². The van der Waals surface area contributed by atoms with Crippen LogP contribution in [0.5, 0.6) is 6.01 Å². The molecule has 38 heavy (non-hydrogen) atoms. The summed E-state index contributed by atoms with van der Waals surface area (Å²) in [7, 11) is 5.62. The second-order valence-electron chi connectivity index (χ2n) is 9.69. The van der Waals surface area contributed by atoms with Gasteiger partial charge in [-0.15, -0.1) is 0 Å². The second kappa shape index (κ2) is 10.9. The smallest absolute Gasteiger partial charge is 0.319 e. The minimum Gasteiger partial charge on any atom is -0.462 e. The number of hydrogen-bond donors (Lipinski definition) is 0. The van der Waals surface area contributed by atoms with Gasteiger partial charge in [0.15, 0.2) is 12.0 Å². The number of likely N-dealkylation sites (tertiary alicyclic amines) is 1. The predicted molar refractivity (Wildman–Crippen MR) is 148 cm³/mol. The molecule has 0 aliphatic carbocycles. The summed E-state index contributed by atoms with van der Waals surface area (Å²) in [6.45, 7) is 2.40. The highest BCUT2D eigenvalue weighted by molar-refractivity contribution is 6.36. The van der Waals surface area contributed by atoms with E-state index in [1.54, 1.807) is 19.3 Å². The molecule has 1 saturated heterocycles. The number of nitrogens with zero attached hydrogens (tertiary/aromatic N) is 7. The van der Waals surface area contributed by atoms with Gasteiger partial charge in [-0.05, 0) is 37.9 Å². The molecule has 5 rings (SSSR count). The number of halogens is 2. The average Bonchev–Trinajstić information content (AvgIpc) is 3.34. The van der Waals surface area contributed by atoms with E-state index in [9.17, 15) is 0 Å². The van der Waals surface area contributed by atoms with E-state index < -0.39 is 5.82 Å². The number of nitriles is 1. The second-order valence-corrected chi connectivity index (χ2v) is 10.1. The largest absolute Gasteiger partial charge is 0.462 e. The lowest BCUT2D eigenvalue weighted by Gasteiger charge is -2.23. The zero-order chi connectivity index (χ0) is 26.8. The molecule has 2 aromatic heterocycles. The van der Waals surface area contributed by atoms with Crippen molar-refractivity contribution in [3.8, 4) is 23.5 Å². The minimum atomic E-state index is -0.566. The van der Waals surface area contributed by atoms with Crippen LogP contribution in [0, 0.1) is 17.3 Å². The summed E-state index contributed by atoms with van der Waals surface area (Å²) in [5.74, 6) is -0.0750. The first-order valence-electron chi connectivity index (χ1n) is 12.6. The Bertz CT molecular complexity index is 1520. The summed E-state index contributed by atoms with van der Waals surface area (Å²) in [4.78, 5) is 19.3. The van der Waals surface area contributed by atoms with Gasteiger partial charge in [-0.3, -0.25) is 4.98 Å². The lowest BCUT2D eigenvalue weighted by Crippen LogP contribution is -2.31. The highest BCUT2D eigenvalue weighted by atomic mass is 35.5. The van der Waals surface area contributed by atoms with Crippen molar-refractivity contribution < 1.29 is 9.13 Å². The molecule has 1 aliphatic heterocycles. The SMILES string of the molecule is CN(C#N)CCN(C)c1nc(OC[C@@H]2CCCN2C)nc2c(F)c(-c3cccc4cccc(Cl)c34)ncc12. The van der Waals surface area contributed by atoms with E-state index in [4.69, 9.17) is 21.6 Å². The Kier molecular flexibility index (Phi) is 7.45. The topological polar surface area (TPSA) is 81.4 Å². The normalized spacial score (nSPS) is 15.6. The van der Waals surface area contributed by atoms with Crippen molar-refractivity contribution in [1.82, 2.24) is 24.8 Å². The molecular formula is C28H29ClFN7O. The van der Waals surface area contributed by atoms with E-state index in [1.165, 1.54) is 4.90 Å². The fourth-order valence-electron chi connectivity index (χ4n) is 4.87. The molecule has 10 heteroatoms. The molecule has 8 nitrogen and oxygen atoms in total. The van der Waals surface area contributed by atoms with Gasteiger partial charge in [-0.2, -0.15) is 15.2 Å². The van der Waals surface area contributed by atoms with Crippen molar-refractivity contribution in [3.63, 3.8) is 0 Å². The molecule has 0 unspecified atom stereocenters. The molecule has 3 heterocycles. The lowest BCUT2D eigenvalue weighted by atomic mass is 10.0. The Hall–Kier alpha value is -3.74. The summed E-state index contributed by atoms with van der Waals surface area (Å²) in [6, 6.07) is 11.6. The molecular weight excluding hydrogens is 505 g/mol. The van der Waals surface area contributed by atoms with E-state index in [1.807, 2.05) is 42.3 Å². The van der Waals surface area contributed by atoms with E-state index in [0.717, 1.165) is 30.2 Å². The summed E-state index contributed by atoms with van der Waals surface area (Å²) in [5, 5.41) is 11.7. The molecule has 1 aliphatic rings. The third-order valence-electron chi connectivity index (χ3n) is 7.13. The number of anilines is 1. The Morgan fingerprint density at radius 3 is 2.71 bits per heavy atom. The fourth-order valence-corrected chi connectivity index (χ4v) is 5.16. The van der Waals surface area contributed by atoms with Crippen LogP contribution in [0.1, 0.15) is 12.8 Å². The molecule has 0 N–H and O–H groups in total. The van der Waals surface area contributed by atoms with Crippen molar-refractivity contribution in [2.45, 2.75) is 18.9 Å². The van der Waals surface area contributed by atoms with Gasteiger partial charge < -0.3 is 19.4 Å². The molecule has 4 aromatic rings. The molecule has 0 spiro atoms. The molecule has 0 saturated carbocycles.